The molecule has 102 valence electrons. The highest BCUT2D eigenvalue weighted by Gasteiger charge is 2.25. The average molecular weight is 262 g/mol. The maximum atomic E-state index is 13.7. The monoisotopic (exact) mass is 262 g/mol. The topological polar surface area (TPSA) is 52.9 Å². The lowest BCUT2D eigenvalue weighted by Crippen LogP contribution is -2.39. The van der Waals surface area contributed by atoms with Gasteiger partial charge in [-0.15, -0.1) is 0 Å². The maximum absolute atomic E-state index is 13.7. The third-order valence-electron chi connectivity index (χ3n) is 3.19. The lowest BCUT2D eigenvalue weighted by Gasteiger charge is -2.26. The molecule has 0 aliphatic rings. The van der Waals surface area contributed by atoms with Crippen LogP contribution in [0, 0.1) is 23.1 Å². The Morgan fingerprint density at radius 2 is 2.11 bits per heavy atom. The summed E-state index contributed by atoms with van der Waals surface area (Å²) < 4.78 is 13.7. The molecule has 3 nitrogen and oxygen atoms in total. The van der Waals surface area contributed by atoms with E-state index in [0.717, 1.165) is 0 Å². The smallest absolute Gasteiger partial charge is 0.237 e. The summed E-state index contributed by atoms with van der Waals surface area (Å²) in [5, 5.41) is 11.5. The number of halogens is 1. The standard InChI is InChI=1S/C15H19FN2O/c1-4-11(9-17)14(19)18-10-15(2,3)12-7-5-6-8-13(12)16/h5-8,11H,4,10H2,1-3H3,(H,18,19). The van der Waals surface area contributed by atoms with Crippen LogP contribution in [0.1, 0.15) is 32.8 Å². The number of rotatable bonds is 5. The van der Waals surface area contributed by atoms with Crippen molar-refractivity contribution in [2.45, 2.75) is 32.6 Å². The van der Waals surface area contributed by atoms with Gasteiger partial charge in [0.05, 0.1) is 6.07 Å². The summed E-state index contributed by atoms with van der Waals surface area (Å²) in [6.45, 7) is 5.80. The third-order valence-corrected chi connectivity index (χ3v) is 3.19. The molecule has 1 N–H and O–H groups in total. The van der Waals surface area contributed by atoms with Crippen molar-refractivity contribution in [2.24, 2.45) is 5.92 Å². The highest BCUT2D eigenvalue weighted by molar-refractivity contribution is 5.81. The molecule has 1 aromatic carbocycles. The predicted octanol–water partition coefficient (Wildman–Crippen LogP) is 2.77. The Hall–Kier alpha value is -1.89. The van der Waals surface area contributed by atoms with E-state index in [0.29, 0.717) is 18.5 Å². The van der Waals surface area contributed by atoms with E-state index in [9.17, 15) is 9.18 Å². The van der Waals surface area contributed by atoms with Gasteiger partial charge in [0.15, 0.2) is 0 Å². The summed E-state index contributed by atoms with van der Waals surface area (Å²) in [6.07, 6.45) is 0.475. The SMILES string of the molecule is CCC(C#N)C(=O)NCC(C)(C)c1ccccc1F. The summed E-state index contributed by atoms with van der Waals surface area (Å²) >= 11 is 0. The third kappa shape index (κ3) is 3.78. The van der Waals surface area contributed by atoms with Crippen molar-refractivity contribution in [2.75, 3.05) is 6.54 Å². The minimum absolute atomic E-state index is 0.283. The first-order valence-corrected chi connectivity index (χ1v) is 6.34. The molecule has 1 atom stereocenters. The second-order valence-electron chi connectivity index (χ2n) is 5.17. The molecule has 0 aliphatic heterocycles. The zero-order chi connectivity index (χ0) is 14.5. The highest BCUT2D eigenvalue weighted by atomic mass is 19.1. The Kier molecular flexibility index (Phi) is 5.05. The number of benzene rings is 1. The van der Waals surface area contributed by atoms with Gasteiger partial charge in [-0.1, -0.05) is 39.0 Å². The zero-order valence-corrected chi connectivity index (χ0v) is 11.5. The van der Waals surface area contributed by atoms with Crippen LogP contribution in [-0.2, 0) is 10.2 Å². The van der Waals surface area contributed by atoms with Crippen LogP contribution in [0.3, 0.4) is 0 Å². The molecule has 0 spiro atoms. The van der Waals surface area contributed by atoms with Gasteiger partial charge in [0.2, 0.25) is 5.91 Å². The minimum Gasteiger partial charge on any atom is -0.354 e. The molecule has 0 heterocycles. The molecule has 0 saturated heterocycles. The van der Waals surface area contributed by atoms with Gasteiger partial charge in [-0.2, -0.15) is 5.26 Å². The van der Waals surface area contributed by atoms with Gasteiger partial charge in [-0.3, -0.25) is 4.79 Å². The Labute approximate surface area is 113 Å². The van der Waals surface area contributed by atoms with Crippen LogP contribution in [0.5, 0.6) is 0 Å². The molecule has 1 amide bonds. The summed E-state index contributed by atoms with van der Waals surface area (Å²) in [7, 11) is 0. The Balaban J connectivity index is 2.74. The summed E-state index contributed by atoms with van der Waals surface area (Å²) in [5.74, 6) is -1.22. The molecule has 4 heteroatoms. The normalized spacial score (nSPS) is 12.6. The number of nitriles is 1. The van der Waals surface area contributed by atoms with E-state index < -0.39 is 11.3 Å². The maximum Gasteiger partial charge on any atom is 0.237 e. The molecule has 0 radical (unpaired) electrons. The first-order chi connectivity index (χ1) is 8.92. The molecular formula is C15H19FN2O. The first kappa shape index (κ1) is 15.2. The lowest BCUT2D eigenvalue weighted by atomic mass is 9.84. The van der Waals surface area contributed by atoms with Crippen LogP contribution in [0.25, 0.3) is 0 Å². The Morgan fingerprint density at radius 3 is 2.63 bits per heavy atom. The molecule has 0 aromatic heterocycles. The molecule has 1 unspecified atom stereocenters. The summed E-state index contributed by atoms with van der Waals surface area (Å²) in [6, 6.07) is 8.48. The zero-order valence-electron chi connectivity index (χ0n) is 11.5. The summed E-state index contributed by atoms with van der Waals surface area (Å²) in [5.41, 5.74) is 0.0367. The van der Waals surface area contributed by atoms with Crippen LogP contribution in [-0.4, -0.2) is 12.5 Å². The van der Waals surface area contributed by atoms with E-state index in [4.69, 9.17) is 5.26 Å². The quantitative estimate of drug-likeness (QED) is 0.887. The number of hydrogen-bond acceptors (Lipinski definition) is 2. The van der Waals surface area contributed by atoms with Gasteiger partial charge < -0.3 is 5.32 Å². The van der Waals surface area contributed by atoms with Crippen LogP contribution in [0.15, 0.2) is 24.3 Å². The fourth-order valence-electron chi connectivity index (χ4n) is 1.87. The van der Waals surface area contributed by atoms with Crippen molar-refractivity contribution in [1.29, 1.82) is 5.26 Å². The molecule has 0 saturated carbocycles. The second kappa shape index (κ2) is 6.33. The van der Waals surface area contributed by atoms with Crippen LogP contribution in [0.4, 0.5) is 4.39 Å². The first-order valence-electron chi connectivity index (χ1n) is 6.34. The van der Waals surface area contributed by atoms with Gasteiger partial charge >= 0.3 is 0 Å². The predicted molar refractivity (Wildman–Crippen MR) is 71.8 cm³/mol. The highest BCUT2D eigenvalue weighted by Crippen LogP contribution is 2.24. The van der Waals surface area contributed by atoms with Crippen molar-refractivity contribution in [1.82, 2.24) is 5.32 Å². The van der Waals surface area contributed by atoms with Crippen LogP contribution >= 0.6 is 0 Å². The Bertz CT molecular complexity index is 491. The van der Waals surface area contributed by atoms with Gasteiger partial charge in [0, 0.05) is 12.0 Å². The van der Waals surface area contributed by atoms with Crippen molar-refractivity contribution < 1.29 is 9.18 Å². The number of amides is 1. The van der Waals surface area contributed by atoms with Crippen molar-refractivity contribution in [3.8, 4) is 6.07 Å². The largest absolute Gasteiger partial charge is 0.354 e. The van der Waals surface area contributed by atoms with Gasteiger partial charge in [-0.25, -0.2) is 4.39 Å². The van der Waals surface area contributed by atoms with E-state index in [1.165, 1.54) is 6.07 Å². The van der Waals surface area contributed by atoms with Crippen LogP contribution in [0.2, 0.25) is 0 Å². The van der Waals surface area contributed by atoms with Crippen LogP contribution < -0.4 is 5.32 Å². The Morgan fingerprint density at radius 1 is 1.47 bits per heavy atom. The number of hydrogen-bond donors (Lipinski definition) is 1. The minimum atomic E-state index is -0.642. The van der Waals surface area contributed by atoms with Crippen molar-refractivity contribution in [3.05, 3.63) is 35.6 Å². The average Bonchev–Trinajstić information content (AvgIpc) is 2.38. The van der Waals surface area contributed by atoms with E-state index in [1.54, 1.807) is 25.1 Å². The number of carbonyl (C=O) groups excluding carboxylic acids is 1. The molecule has 0 bridgehead atoms. The van der Waals surface area contributed by atoms with E-state index in [2.05, 4.69) is 5.32 Å². The van der Waals surface area contributed by atoms with E-state index in [1.807, 2.05) is 19.9 Å². The lowest BCUT2D eigenvalue weighted by molar-refractivity contribution is -0.123. The second-order valence-corrected chi connectivity index (χ2v) is 5.17. The van der Waals surface area contributed by atoms with Gasteiger partial charge in [0.1, 0.15) is 11.7 Å². The van der Waals surface area contributed by atoms with Crippen molar-refractivity contribution in [3.63, 3.8) is 0 Å². The van der Waals surface area contributed by atoms with E-state index >= 15 is 0 Å². The molecule has 0 fully saturated rings. The fourth-order valence-corrected chi connectivity index (χ4v) is 1.87. The number of nitrogens with one attached hydrogen (secondary N) is 1. The molecule has 1 rings (SSSR count). The molecule has 1 aromatic rings. The van der Waals surface area contributed by atoms with Gasteiger partial charge in [-0.05, 0) is 18.1 Å². The molecule has 0 aliphatic carbocycles. The van der Waals surface area contributed by atoms with Crippen molar-refractivity contribution >= 4 is 5.91 Å². The number of carbonyl (C=O) groups is 1. The van der Waals surface area contributed by atoms with E-state index in [-0.39, 0.29) is 11.7 Å². The fraction of sp³-hybridized carbons (Fsp3) is 0.467. The molecule has 19 heavy (non-hydrogen) atoms. The van der Waals surface area contributed by atoms with Gasteiger partial charge in [0.25, 0.3) is 0 Å². The molecular weight excluding hydrogens is 243 g/mol. The summed E-state index contributed by atoms with van der Waals surface area (Å²) in [4.78, 5) is 11.7. The number of nitrogens with zero attached hydrogens (tertiary/aromatic N) is 1.